The van der Waals surface area contributed by atoms with E-state index in [1.807, 2.05) is 24.4 Å². The van der Waals surface area contributed by atoms with Crippen LogP contribution >= 0.6 is 27.3 Å². The average molecular weight is 306 g/mol. The van der Waals surface area contributed by atoms with E-state index in [1.165, 1.54) is 27.8 Å². The lowest BCUT2D eigenvalue weighted by molar-refractivity contribution is 0.766. The Morgan fingerprint density at radius 2 is 2.00 bits per heavy atom. The summed E-state index contributed by atoms with van der Waals surface area (Å²) < 4.78 is 1.17. The molecule has 1 saturated carbocycles. The van der Waals surface area contributed by atoms with Gasteiger partial charge in [0.15, 0.2) is 0 Å². The molecule has 1 fully saturated rings. The van der Waals surface area contributed by atoms with Crippen LogP contribution in [0.1, 0.15) is 23.3 Å². The first-order valence-corrected chi connectivity index (χ1v) is 7.31. The number of hydrogen-bond donors (Lipinski definition) is 0. The zero-order valence-electron chi connectivity index (χ0n) is 9.27. The van der Waals surface area contributed by atoms with Crippen molar-refractivity contribution in [3.63, 3.8) is 0 Å². The summed E-state index contributed by atoms with van der Waals surface area (Å²) in [6, 6.07) is 12.5. The van der Waals surface area contributed by atoms with Gasteiger partial charge in [0.2, 0.25) is 0 Å². The minimum Gasteiger partial charge on any atom is -0.280 e. The minimum absolute atomic E-state index is 0.0759. The van der Waals surface area contributed by atoms with Crippen LogP contribution in [0.15, 0.2) is 51.2 Å². The van der Waals surface area contributed by atoms with Crippen LogP contribution in [0.4, 0.5) is 0 Å². The Morgan fingerprint density at radius 3 is 2.59 bits per heavy atom. The van der Waals surface area contributed by atoms with E-state index in [0.29, 0.717) is 0 Å². The van der Waals surface area contributed by atoms with Crippen LogP contribution in [0, 0.1) is 0 Å². The van der Waals surface area contributed by atoms with Gasteiger partial charge in [-0.1, -0.05) is 30.3 Å². The van der Waals surface area contributed by atoms with E-state index in [9.17, 15) is 0 Å². The number of rotatable bonds is 3. The fourth-order valence-corrected chi connectivity index (χ4v) is 3.49. The summed E-state index contributed by atoms with van der Waals surface area (Å²) >= 11 is 5.30. The smallest absolute Gasteiger partial charge is 0.0950 e. The highest BCUT2D eigenvalue weighted by Crippen LogP contribution is 2.51. The van der Waals surface area contributed by atoms with Gasteiger partial charge < -0.3 is 0 Å². The zero-order chi connectivity index (χ0) is 11.7. The van der Waals surface area contributed by atoms with E-state index in [0.717, 1.165) is 0 Å². The molecule has 0 atom stereocenters. The number of halogens is 1. The van der Waals surface area contributed by atoms with Crippen molar-refractivity contribution in [2.24, 2.45) is 4.99 Å². The van der Waals surface area contributed by atoms with Gasteiger partial charge in [-0.25, -0.2) is 0 Å². The minimum atomic E-state index is 0.0759. The zero-order valence-corrected chi connectivity index (χ0v) is 11.7. The Balaban J connectivity index is 1.84. The number of aliphatic imine (C=N–C) groups is 1. The third kappa shape index (κ3) is 2.35. The van der Waals surface area contributed by atoms with Gasteiger partial charge in [-0.2, -0.15) is 0 Å². The summed E-state index contributed by atoms with van der Waals surface area (Å²) in [6.07, 6.45) is 4.34. The van der Waals surface area contributed by atoms with Crippen molar-refractivity contribution >= 4 is 33.5 Å². The van der Waals surface area contributed by atoms with Crippen LogP contribution in [-0.2, 0) is 5.54 Å². The SMILES string of the molecule is Brc1csc(C2(N=Cc3ccccc3)CC2)c1. The second-order valence-electron chi connectivity index (χ2n) is 4.33. The molecule has 0 N–H and O–H groups in total. The second-order valence-corrected chi connectivity index (χ2v) is 6.16. The lowest BCUT2D eigenvalue weighted by atomic mass is 10.2. The van der Waals surface area contributed by atoms with Crippen molar-refractivity contribution < 1.29 is 0 Å². The van der Waals surface area contributed by atoms with Gasteiger partial charge >= 0.3 is 0 Å². The third-order valence-electron chi connectivity index (χ3n) is 3.01. The van der Waals surface area contributed by atoms with Gasteiger partial charge in [-0.05, 0) is 40.4 Å². The van der Waals surface area contributed by atoms with Crippen LogP contribution in [0.3, 0.4) is 0 Å². The van der Waals surface area contributed by atoms with Gasteiger partial charge in [0, 0.05) is 20.9 Å². The number of nitrogens with zero attached hydrogens (tertiary/aromatic N) is 1. The van der Waals surface area contributed by atoms with Crippen LogP contribution in [0.5, 0.6) is 0 Å². The molecule has 0 amide bonds. The highest BCUT2D eigenvalue weighted by atomic mass is 79.9. The molecule has 0 unspecified atom stereocenters. The molecule has 3 heteroatoms. The molecule has 1 heterocycles. The predicted octanol–water partition coefficient (Wildman–Crippen LogP) is 4.62. The maximum atomic E-state index is 4.79. The average Bonchev–Trinajstić information content (AvgIpc) is 3.04. The highest BCUT2D eigenvalue weighted by molar-refractivity contribution is 9.10. The first kappa shape index (κ1) is 11.2. The first-order chi connectivity index (χ1) is 8.28. The van der Waals surface area contributed by atoms with E-state index in [2.05, 4.69) is 39.5 Å². The fraction of sp³-hybridized carbons (Fsp3) is 0.214. The standard InChI is InChI=1S/C14H12BrNS/c15-12-8-13(17-10-12)14(6-7-14)16-9-11-4-2-1-3-5-11/h1-5,8-10H,6-7H2. The Kier molecular flexibility index (Phi) is 2.89. The van der Waals surface area contributed by atoms with Crippen molar-refractivity contribution in [3.8, 4) is 0 Å². The molecule has 1 aliphatic rings. The van der Waals surface area contributed by atoms with Gasteiger partial charge in [0.1, 0.15) is 0 Å². The molecule has 1 nitrogen and oxygen atoms in total. The molecule has 2 aromatic rings. The Hall–Kier alpha value is -0.930. The van der Waals surface area contributed by atoms with Crippen LogP contribution in [0.25, 0.3) is 0 Å². The van der Waals surface area contributed by atoms with Crippen molar-refractivity contribution in [1.29, 1.82) is 0 Å². The maximum absolute atomic E-state index is 4.79. The molecule has 0 spiro atoms. The molecule has 0 radical (unpaired) electrons. The van der Waals surface area contributed by atoms with E-state index in [4.69, 9.17) is 4.99 Å². The van der Waals surface area contributed by atoms with Gasteiger partial charge in [0.25, 0.3) is 0 Å². The van der Waals surface area contributed by atoms with Crippen molar-refractivity contribution in [2.45, 2.75) is 18.4 Å². The number of hydrogen-bond acceptors (Lipinski definition) is 2. The Bertz CT molecular complexity index is 540. The molecule has 0 aliphatic heterocycles. The van der Waals surface area contributed by atoms with E-state index in [-0.39, 0.29) is 5.54 Å². The fourth-order valence-electron chi connectivity index (χ4n) is 1.85. The predicted molar refractivity (Wildman–Crippen MR) is 77.0 cm³/mol. The van der Waals surface area contributed by atoms with Crippen molar-refractivity contribution in [2.75, 3.05) is 0 Å². The second kappa shape index (κ2) is 4.39. The van der Waals surface area contributed by atoms with Crippen LogP contribution in [-0.4, -0.2) is 6.21 Å². The summed E-state index contributed by atoms with van der Waals surface area (Å²) in [6.45, 7) is 0. The monoisotopic (exact) mass is 305 g/mol. The molecule has 0 bridgehead atoms. The van der Waals surface area contributed by atoms with Crippen LogP contribution < -0.4 is 0 Å². The van der Waals surface area contributed by atoms with Crippen molar-refractivity contribution in [1.82, 2.24) is 0 Å². The molecular formula is C14H12BrNS. The maximum Gasteiger partial charge on any atom is 0.0950 e. The molecule has 1 aromatic heterocycles. The van der Waals surface area contributed by atoms with Gasteiger partial charge in [-0.3, -0.25) is 4.99 Å². The van der Waals surface area contributed by atoms with Crippen molar-refractivity contribution in [3.05, 3.63) is 56.7 Å². The Morgan fingerprint density at radius 1 is 1.24 bits per heavy atom. The largest absolute Gasteiger partial charge is 0.280 e. The normalized spacial score (nSPS) is 17.5. The summed E-state index contributed by atoms with van der Waals surface area (Å²) in [5, 5.41) is 2.13. The molecule has 3 rings (SSSR count). The molecule has 1 aromatic carbocycles. The molecule has 86 valence electrons. The van der Waals surface area contributed by atoms with E-state index < -0.39 is 0 Å². The van der Waals surface area contributed by atoms with Gasteiger partial charge in [0.05, 0.1) is 5.54 Å². The van der Waals surface area contributed by atoms with Crippen LogP contribution in [0.2, 0.25) is 0 Å². The topological polar surface area (TPSA) is 12.4 Å². The quantitative estimate of drug-likeness (QED) is 0.734. The van der Waals surface area contributed by atoms with E-state index in [1.54, 1.807) is 11.3 Å². The summed E-state index contributed by atoms with van der Waals surface area (Å²) in [7, 11) is 0. The highest BCUT2D eigenvalue weighted by Gasteiger charge is 2.45. The summed E-state index contributed by atoms with van der Waals surface area (Å²) in [5.41, 5.74) is 1.25. The molecule has 17 heavy (non-hydrogen) atoms. The molecule has 0 saturated heterocycles. The number of benzene rings is 1. The Labute approximate surface area is 113 Å². The van der Waals surface area contributed by atoms with Gasteiger partial charge in [-0.15, -0.1) is 11.3 Å². The number of thiophene rings is 1. The first-order valence-electron chi connectivity index (χ1n) is 5.63. The van der Waals surface area contributed by atoms with E-state index >= 15 is 0 Å². The summed E-state index contributed by atoms with van der Waals surface area (Å²) in [4.78, 5) is 6.16. The molecular weight excluding hydrogens is 294 g/mol. The molecule has 1 aliphatic carbocycles. The lowest BCUT2D eigenvalue weighted by Gasteiger charge is -2.06. The lowest BCUT2D eigenvalue weighted by Crippen LogP contribution is -2.00. The summed E-state index contributed by atoms with van der Waals surface area (Å²) in [5.74, 6) is 0. The third-order valence-corrected chi connectivity index (χ3v) is 4.89.